The Labute approximate surface area is 192 Å². The lowest BCUT2D eigenvalue weighted by Gasteiger charge is -2.03. The van der Waals surface area contributed by atoms with Crippen molar-refractivity contribution in [2.24, 2.45) is 0 Å². The zero-order valence-electron chi connectivity index (χ0n) is 17.4. The summed E-state index contributed by atoms with van der Waals surface area (Å²) < 4.78 is 19.6. The van der Waals surface area contributed by atoms with Gasteiger partial charge in [0.2, 0.25) is 0 Å². The van der Waals surface area contributed by atoms with Crippen LogP contribution in [-0.2, 0) is 13.1 Å². The van der Waals surface area contributed by atoms with Crippen molar-refractivity contribution in [2.75, 3.05) is 0 Å². The van der Waals surface area contributed by atoms with Gasteiger partial charge in [-0.3, -0.25) is 9.48 Å². The van der Waals surface area contributed by atoms with E-state index < -0.39 is 5.82 Å². The van der Waals surface area contributed by atoms with Crippen molar-refractivity contribution in [3.05, 3.63) is 88.9 Å². The second kappa shape index (κ2) is 7.70. The molecule has 1 aliphatic rings. The van der Waals surface area contributed by atoms with Gasteiger partial charge < -0.3 is 14.1 Å². The minimum atomic E-state index is -0.564. The molecule has 5 aromatic rings. The summed E-state index contributed by atoms with van der Waals surface area (Å²) in [7, 11) is 0. The number of rotatable bonds is 6. The Balaban J connectivity index is 1.14. The summed E-state index contributed by atoms with van der Waals surface area (Å²) in [5.41, 5.74) is 4.13. The van der Waals surface area contributed by atoms with Crippen LogP contribution in [0.5, 0.6) is 0 Å². The van der Waals surface area contributed by atoms with Gasteiger partial charge in [-0.05, 0) is 36.5 Å². The van der Waals surface area contributed by atoms with Gasteiger partial charge in [0, 0.05) is 24.8 Å². The van der Waals surface area contributed by atoms with Crippen molar-refractivity contribution in [3.8, 4) is 0 Å². The lowest BCUT2D eigenvalue weighted by Crippen LogP contribution is -2.22. The number of aromatic nitrogens is 6. The first kappa shape index (κ1) is 19.9. The maximum Gasteiger partial charge on any atom is 0.254 e. The van der Waals surface area contributed by atoms with E-state index in [9.17, 15) is 9.18 Å². The zero-order chi connectivity index (χ0) is 22.5. The van der Waals surface area contributed by atoms with E-state index in [-0.39, 0.29) is 23.0 Å². The molecule has 5 aromatic heterocycles. The van der Waals surface area contributed by atoms with Gasteiger partial charge in [-0.15, -0.1) is 0 Å². The summed E-state index contributed by atoms with van der Waals surface area (Å²) in [4.78, 5) is 21.4. The largest absolute Gasteiger partial charge is 0.346 e. The number of pyridine rings is 2. The third-order valence-electron chi connectivity index (χ3n) is 5.88. The van der Waals surface area contributed by atoms with Crippen molar-refractivity contribution in [2.45, 2.75) is 31.8 Å². The molecule has 0 spiro atoms. The van der Waals surface area contributed by atoms with Gasteiger partial charge in [0.05, 0.1) is 47.6 Å². The van der Waals surface area contributed by atoms with Gasteiger partial charge >= 0.3 is 0 Å². The van der Waals surface area contributed by atoms with E-state index in [0.717, 1.165) is 11.3 Å². The van der Waals surface area contributed by atoms with Gasteiger partial charge in [-0.25, -0.2) is 14.4 Å². The fourth-order valence-corrected chi connectivity index (χ4v) is 4.16. The average molecular weight is 464 g/mol. The first-order valence-corrected chi connectivity index (χ1v) is 11.0. The topological polar surface area (TPSA) is 81.5 Å². The molecule has 1 aliphatic carbocycles. The summed E-state index contributed by atoms with van der Waals surface area (Å²) in [5, 5.41) is 7.06. The molecule has 0 atom stereocenters. The maximum atomic E-state index is 14.4. The SMILES string of the molecule is O=C(NCc1ncn2ccc(Cl)c(F)c12)c1cnn(Cc2cn3cc(C4CC4)ccc3n2)c1. The zero-order valence-corrected chi connectivity index (χ0v) is 18.2. The van der Waals surface area contributed by atoms with Crippen LogP contribution in [0.15, 0.2) is 55.5 Å². The van der Waals surface area contributed by atoms with Crippen LogP contribution in [0.1, 0.15) is 46.1 Å². The highest BCUT2D eigenvalue weighted by Crippen LogP contribution is 2.39. The molecule has 5 heterocycles. The molecule has 0 aliphatic heterocycles. The number of carbonyl (C=O) groups excluding carboxylic acids is 1. The van der Waals surface area contributed by atoms with Crippen molar-refractivity contribution < 1.29 is 9.18 Å². The Kier molecular flexibility index (Phi) is 4.65. The number of halogens is 2. The quantitative estimate of drug-likeness (QED) is 0.415. The fraction of sp³-hybridized carbons (Fsp3) is 0.217. The highest BCUT2D eigenvalue weighted by molar-refractivity contribution is 6.31. The molecule has 166 valence electrons. The second-order valence-corrected chi connectivity index (χ2v) is 8.68. The van der Waals surface area contributed by atoms with Crippen molar-refractivity contribution in [3.63, 3.8) is 0 Å². The predicted octanol–water partition coefficient (Wildman–Crippen LogP) is 3.83. The first-order valence-electron chi connectivity index (χ1n) is 10.6. The monoisotopic (exact) mass is 463 g/mol. The van der Waals surface area contributed by atoms with Crippen LogP contribution >= 0.6 is 11.6 Å². The van der Waals surface area contributed by atoms with E-state index >= 15 is 0 Å². The van der Waals surface area contributed by atoms with E-state index in [4.69, 9.17) is 11.6 Å². The van der Waals surface area contributed by atoms with E-state index in [2.05, 4.69) is 32.6 Å². The van der Waals surface area contributed by atoms with Crippen LogP contribution in [0, 0.1) is 5.82 Å². The van der Waals surface area contributed by atoms with Crippen LogP contribution in [0.2, 0.25) is 5.02 Å². The molecule has 6 rings (SSSR count). The normalized spacial score (nSPS) is 13.8. The van der Waals surface area contributed by atoms with Crippen LogP contribution in [0.4, 0.5) is 4.39 Å². The van der Waals surface area contributed by atoms with Gasteiger partial charge in [0.15, 0.2) is 5.82 Å². The lowest BCUT2D eigenvalue weighted by molar-refractivity contribution is 0.0950. The Morgan fingerprint density at radius 2 is 2.06 bits per heavy atom. The number of hydrogen-bond acceptors (Lipinski definition) is 4. The molecule has 10 heteroatoms. The molecule has 0 unspecified atom stereocenters. The van der Waals surface area contributed by atoms with Crippen molar-refractivity contribution >= 4 is 28.7 Å². The fourth-order valence-electron chi connectivity index (χ4n) is 4.01. The van der Waals surface area contributed by atoms with E-state index in [1.807, 2.05) is 16.7 Å². The molecular formula is C23H19ClFN7O. The first-order chi connectivity index (χ1) is 16.0. The predicted molar refractivity (Wildman–Crippen MR) is 120 cm³/mol. The maximum absolute atomic E-state index is 14.4. The Morgan fingerprint density at radius 1 is 1.18 bits per heavy atom. The van der Waals surface area contributed by atoms with E-state index in [0.29, 0.717) is 23.7 Å². The van der Waals surface area contributed by atoms with E-state index in [1.54, 1.807) is 17.1 Å². The highest BCUT2D eigenvalue weighted by atomic mass is 35.5. The van der Waals surface area contributed by atoms with Gasteiger partial charge in [-0.1, -0.05) is 17.7 Å². The molecule has 0 bridgehead atoms. The molecule has 8 nitrogen and oxygen atoms in total. The van der Waals surface area contributed by atoms with Gasteiger partial charge in [0.1, 0.15) is 11.2 Å². The Bertz CT molecular complexity index is 1510. The van der Waals surface area contributed by atoms with Gasteiger partial charge in [0.25, 0.3) is 5.91 Å². The highest BCUT2D eigenvalue weighted by Gasteiger charge is 2.23. The Morgan fingerprint density at radius 3 is 2.91 bits per heavy atom. The Hall–Kier alpha value is -3.72. The average Bonchev–Trinajstić information content (AvgIpc) is 3.23. The standard InChI is InChI=1S/C23H19ClFN7O/c24-18-5-6-30-13-27-19(22(30)21(18)25)8-26-23(33)16-7-28-32(10-16)12-17-11-31-9-15(14-1-2-14)3-4-20(31)29-17/h3-7,9-11,13-14H,1-2,8,12H2,(H,26,33). The third kappa shape index (κ3) is 3.74. The number of nitrogens with zero attached hydrogens (tertiary/aromatic N) is 6. The number of hydrogen-bond donors (Lipinski definition) is 1. The summed E-state index contributed by atoms with van der Waals surface area (Å²) >= 11 is 5.87. The van der Waals surface area contributed by atoms with Gasteiger partial charge in [-0.2, -0.15) is 5.10 Å². The second-order valence-electron chi connectivity index (χ2n) is 8.27. The van der Waals surface area contributed by atoms with Crippen LogP contribution in [0.25, 0.3) is 11.2 Å². The third-order valence-corrected chi connectivity index (χ3v) is 6.17. The summed E-state index contributed by atoms with van der Waals surface area (Å²) in [6, 6.07) is 5.63. The van der Waals surface area contributed by atoms with Crippen LogP contribution in [-0.4, -0.2) is 34.5 Å². The molecule has 1 N–H and O–H groups in total. The van der Waals surface area contributed by atoms with Crippen molar-refractivity contribution in [1.29, 1.82) is 0 Å². The van der Waals surface area contributed by atoms with Crippen molar-refractivity contribution in [1.82, 2.24) is 33.9 Å². The molecule has 33 heavy (non-hydrogen) atoms. The smallest absolute Gasteiger partial charge is 0.254 e. The molecule has 1 amide bonds. The molecule has 1 fully saturated rings. The summed E-state index contributed by atoms with van der Waals surface area (Å²) in [5.74, 6) is -0.208. The molecule has 0 saturated heterocycles. The minimum Gasteiger partial charge on any atom is -0.346 e. The number of amides is 1. The number of imidazole rings is 2. The number of carbonyl (C=O) groups is 1. The molecule has 0 aromatic carbocycles. The summed E-state index contributed by atoms with van der Waals surface area (Å²) in [6.07, 6.45) is 12.9. The molecular weight excluding hydrogens is 445 g/mol. The number of fused-ring (bicyclic) bond motifs is 2. The van der Waals surface area contributed by atoms with Crippen LogP contribution in [0.3, 0.4) is 0 Å². The molecule has 1 saturated carbocycles. The van der Waals surface area contributed by atoms with E-state index in [1.165, 1.54) is 41.4 Å². The lowest BCUT2D eigenvalue weighted by atomic mass is 10.2. The summed E-state index contributed by atoms with van der Waals surface area (Å²) in [6.45, 7) is 0.511. The molecule has 0 radical (unpaired) electrons. The minimum absolute atomic E-state index is 0.00700. The number of nitrogens with one attached hydrogen (secondary N) is 1. The van der Waals surface area contributed by atoms with Crippen LogP contribution < -0.4 is 5.32 Å².